The van der Waals surface area contributed by atoms with Crippen LogP contribution in [0.15, 0.2) is 0 Å². The van der Waals surface area contributed by atoms with Gasteiger partial charge in [0.15, 0.2) is 0 Å². The van der Waals surface area contributed by atoms with Gasteiger partial charge in [0.1, 0.15) is 0 Å². The van der Waals surface area contributed by atoms with Gasteiger partial charge in [-0.05, 0) is 12.8 Å². The van der Waals surface area contributed by atoms with Crippen LogP contribution in [0.3, 0.4) is 0 Å². The van der Waals surface area contributed by atoms with Crippen LogP contribution in [0.25, 0.3) is 0 Å². The lowest BCUT2D eigenvalue weighted by molar-refractivity contribution is -0.123. The van der Waals surface area contributed by atoms with E-state index in [4.69, 9.17) is 4.74 Å². The van der Waals surface area contributed by atoms with Crippen LogP contribution in [-0.4, -0.2) is 36.9 Å². The summed E-state index contributed by atoms with van der Waals surface area (Å²) >= 11 is 0. The van der Waals surface area contributed by atoms with Crippen molar-refractivity contribution >= 4 is 5.91 Å². The Hall–Kier alpha value is -0.610. The van der Waals surface area contributed by atoms with Gasteiger partial charge in [0.2, 0.25) is 5.91 Å². The number of rotatable bonds is 7. The number of nitrogens with one attached hydrogen (secondary N) is 1. The highest BCUT2D eigenvalue weighted by Gasteiger charge is 2.20. The molecule has 0 aromatic rings. The number of amides is 1. The molecule has 0 aliphatic heterocycles. The van der Waals surface area contributed by atoms with E-state index in [1.54, 1.807) is 14.0 Å². The van der Waals surface area contributed by atoms with Crippen molar-refractivity contribution in [1.82, 2.24) is 5.32 Å². The van der Waals surface area contributed by atoms with Gasteiger partial charge in [-0.15, -0.1) is 0 Å². The van der Waals surface area contributed by atoms with Gasteiger partial charge in [0, 0.05) is 33.1 Å². The lowest BCUT2D eigenvalue weighted by Crippen LogP contribution is -2.41. The molecule has 4 nitrogen and oxygen atoms in total. The first-order valence-electron chi connectivity index (χ1n) is 5.35. The monoisotopic (exact) mass is 217 g/mol. The molecule has 0 heterocycles. The topological polar surface area (TPSA) is 58.6 Å². The van der Waals surface area contributed by atoms with Crippen LogP contribution in [0.5, 0.6) is 0 Å². The van der Waals surface area contributed by atoms with Gasteiger partial charge in [-0.1, -0.05) is 13.8 Å². The number of methoxy groups -OCH3 is 1. The van der Waals surface area contributed by atoms with Crippen molar-refractivity contribution in [3.05, 3.63) is 0 Å². The van der Waals surface area contributed by atoms with Gasteiger partial charge in [0.25, 0.3) is 0 Å². The number of carbonyl (C=O) groups is 1. The van der Waals surface area contributed by atoms with Crippen LogP contribution in [-0.2, 0) is 9.53 Å². The van der Waals surface area contributed by atoms with Gasteiger partial charge in [-0.25, -0.2) is 0 Å². The van der Waals surface area contributed by atoms with Gasteiger partial charge in [-0.3, -0.25) is 4.79 Å². The van der Waals surface area contributed by atoms with Crippen molar-refractivity contribution in [2.45, 2.75) is 39.2 Å². The summed E-state index contributed by atoms with van der Waals surface area (Å²) in [6.07, 6.45) is 1.02. The molecule has 90 valence electrons. The first-order chi connectivity index (χ1) is 6.87. The summed E-state index contributed by atoms with van der Waals surface area (Å²) in [4.78, 5) is 11.3. The lowest BCUT2D eigenvalue weighted by Gasteiger charge is -2.23. The number of ether oxygens (including phenoxy) is 1. The Kier molecular flexibility index (Phi) is 6.52. The van der Waals surface area contributed by atoms with Gasteiger partial charge >= 0.3 is 0 Å². The smallest absolute Gasteiger partial charge is 0.220 e. The van der Waals surface area contributed by atoms with E-state index in [2.05, 4.69) is 5.32 Å². The van der Waals surface area contributed by atoms with Crippen LogP contribution in [0, 0.1) is 5.92 Å². The molecular weight excluding hydrogens is 194 g/mol. The summed E-state index contributed by atoms with van der Waals surface area (Å²) in [5, 5.41) is 12.6. The van der Waals surface area contributed by atoms with Crippen molar-refractivity contribution < 1.29 is 14.6 Å². The second kappa shape index (κ2) is 6.80. The summed E-state index contributed by atoms with van der Waals surface area (Å²) in [5.74, 6) is 0.330. The van der Waals surface area contributed by atoms with Gasteiger partial charge < -0.3 is 15.2 Å². The van der Waals surface area contributed by atoms with Crippen molar-refractivity contribution in [2.24, 2.45) is 5.92 Å². The van der Waals surface area contributed by atoms with Crippen LogP contribution in [0.1, 0.15) is 33.6 Å². The fourth-order valence-electron chi connectivity index (χ4n) is 1.14. The largest absolute Gasteiger partial charge is 0.388 e. The molecule has 0 aromatic carbocycles. The molecule has 15 heavy (non-hydrogen) atoms. The minimum Gasteiger partial charge on any atom is -0.388 e. The average molecular weight is 217 g/mol. The van der Waals surface area contributed by atoms with E-state index in [1.165, 1.54) is 0 Å². The van der Waals surface area contributed by atoms with Crippen LogP contribution in [0.2, 0.25) is 0 Å². The maximum atomic E-state index is 11.3. The summed E-state index contributed by atoms with van der Waals surface area (Å²) in [5.41, 5.74) is -0.886. The zero-order valence-corrected chi connectivity index (χ0v) is 10.2. The van der Waals surface area contributed by atoms with E-state index in [0.29, 0.717) is 25.4 Å². The highest BCUT2D eigenvalue weighted by Crippen LogP contribution is 2.08. The molecule has 0 saturated heterocycles. The molecule has 0 aliphatic rings. The first-order valence-corrected chi connectivity index (χ1v) is 5.35. The molecule has 0 aromatic heterocycles. The Labute approximate surface area is 92.0 Å². The third-order valence-electron chi connectivity index (χ3n) is 2.10. The second-order valence-corrected chi connectivity index (χ2v) is 4.61. The minimum absolute atomic E-state index is 0.0114. The molecule has 1 atom stereocenters. The number of hydrogen-bond donors (Lipinski definition) is 2. The second-order valence-electron chi connectivity index (χ2n) is 4.61. The molecule has 0 saturated carbocycles. The van der Waals surface area contributed by atoms with Crippen molar-refractivity contribution in [3.63, 3.8) is 0 Å². The van der Waals surface area contributed by atoms with Crippen LogP contribution in [0.4, 0.5) is 0 Å². The van der Waals surface area contributed by atoms with E-state index in [-0.39, 0.29) is 12.5 Å². The third-order valence-corrected chi connectivity index (χ3v) is 2.10. The Morgan fingerprint density at radius 2 is 2.13 bits per heavy atom. The van der Waals surface area contributed by atoms with E-state index in [1.807, 2.05) is 13.8 Å². The maximum absolute atomic E-state index is 11.3. The molecule has 2 N–H and O–H groups in total. The number of hydrogen-bond acceptors (Lipinski definition) is 3. The van der Waals surface area contributed by atoms with E-state index in [0.717, 1.165) is 0 Å². The highest BCUT2D eigenvalue weighted by molar-refractivity contribution is 5.76. The molecule has 0 aliphatic carbocycles. The summed E-state index contributed by atoms with van der Waals surface area (Å²) in [6.45, 7) is 6.45. The molecule has 0 radical (unpaired) electrons. The summed E-state index contributed by atoms with van der Waals surface area (Å²) in [6, 6.07) is 0. The van der Waals surface area contributed by atoms with E-state index < -0.39 is 5.60 Å². The third kappa shape index (κ3) is 8.39. The van der Waals surface area contributed by atoms with Crippen LogP contribution >= 0.6 is 0 Å². The molecule has 0 fully saturated rings. The molecule has 4 heteroatoms. The molecular formula is C11H23NO3. The zero-order valence-electron chi connectivity index (χ0n) is 10.2. The quantitative estimate of drug-likeness (QED) is 0.667. The maximum Gasteiger partial charge on any atom is 0.220 e. The minimum atomic E-state index is -0.886. The lowest BCUT2D eigenvalue weighted by atomic mass is 10.0. The normalized spacial score (nSPS) is 15.1. The molecule has 0 bridgehead atoms. The Bertz CT molecular complexity index is 190. The fraction of sp³-hybridized carbons (Fsp3) is 0.909. The SMILES string of the molecule is COCCC(C)(O)CNC(=O)CC(C)C. The molecule has 0 rings (SSSR count). The molecule has 0 spiro atoms. The van der Waals surface area contributed by atoms with Crippen molar-refractivity contribution in [1.29, 1.82) is 0 Å². The summed E-state index contributed by atoms with van der Waals surface area (Å²) in [7, 11) is 1.59. The summed E-state index contributed by atoms with van der Waals surface area (Å²) < 4.78 is 4.88. The van der Waals surface area contributed by atoms with Crippen molar-refractivity contribution in [3.8, 4) is 0 Å². The van der Waals surface area contributed by atoms with Gasteiger partial charge in [-0.2, -0.15) is 0 Å². The number of carbonyl (C=O) groups excluding carboxylic acids is 1. The average Bonchev–Trinajstić information content (AvgIpc) is 2.11. The van der Waals surface area contributed by atoms with Crippen molar-refractivity contribution in [2.75, 3.05) is 20.3 Å². The Balaban J connectivity index is 3.77. The van der Waals surface area contributed by atoms with Gasteiger partial charge in [0.05, 0.1) is 5.60 Å². The van der Waals surface area contributed by atoms with E-state index >= 15 is 0 Å². The number of aliphatic hydroxyl groups is 1. The molecule has 1 unspecified atom stereocenters. The predicted octanol–water partition coefficient (Wildman–Crippen LogP) is 0.936. The highest BCUT2D eigenvalue weighted by atomic mass is 16.5. The zero-order chi connectivity index (χ0) is 11.9. The van der Waals surface area contributed by atoms with Crippen LogP contribution < -0.4 is 5.32 Å². The molecule has 1 amide bonds. The Morgan fingerprint density at radius 1 is 1.53 bits per heavy atom. The standard InChI is InChI=1S/C11H23NO3/c1-9(2)7-10(13)12-8-11(3,14)5-6-15-4/h9,14H,5-8H2,1-4H3,(H,12,13). The Morgan fingerprint density at radius 3 is 2.60 bits per heavy atom. The predicted molar refractivity (Wildman–Crippen MR) is 59.6 cm³/mol. The fourth-order valence-corrected chi connectivity index (χ4v) is 1.14. The van der Waals surface area contributed by atoms with E-state index in [9.17, 15) is 9.90 Å². The first kappa shape index (κ1) is 14.4.